The van der Waals surface area contributed by atoms with Crippen LogP contribution in [0.3, 0.4) is 0 Å². The van der Waals surface area contributed by atoms with E-state index in [1.807, 2.05) is 45.0 Å². The molecule has 0 aliphatic heterocycles. The topological polar surface area (TPSA) is 49.3 Å². The Morgan fingerprint density at radius 2 is 1.95 bits per heavy atom. The molecule has 1 aromatic rings. The fourth-order valence-electron chi connectivity index (χ4n) is 1.56. The molecule has 5 heteroatoms. The summed E-state index contributed by atoms with van der Waals surface area (Å²) in [5, 5.41) is 13.4. The van der Waals surface area contributed by atoms with Gasteiger partial charge in [-0.1, -0.05) is 32.4 Å². The van der Waals surface area contributed by atoms with Crippen molar-refractivity contribution in [2.24, 2.45) is 5.41 Å². The van der Waals surface area contributed by atoms with Crippen LogP contribution in [-0.4, -0.2) is 29.4 Å². The van der Waals surface area contributed by atoms with Crippen LogP contribution in [0.5, 0.6) is 0 Å². The lowest BCUT2D eigenvalue weighted by Gasteiger charge is -2.25. The van der Waals surface area contributed by atoms with Crippen molar-refractivity contribution in [2.45, 2.75) is 44.6 Å². The summed E-state index contributed by atoms with van der Waals surface area (Å²) in [5.41, 5.74) is -0.211. The van der Waals surface area contributed by atoms with E-state index in [9.17, 15) is 9.90 Å². The molecule has 0 radical (unpaired) electrons. The third-order valence-electron chi connectivity index (χ3n) is 3.12. The number of rotatable bonds is 7. The Hall–Kier alpha value is -0.710. The molecule has 1 unspecified atom stereocenters. The van der Waals surface area contributed by atoms with Gasteiger partial charge in [-0.05, 0) is 41.9 Å². The number of aliphatic hydroxyl groups excluding tert-OH is 1. The first-order valence-corrected chi connectivity index (χ1v) is 8.48. The van der Waals surface area contributed by atoms with Crippen LogP contribution in [0.1, 0.15) is 33.6 Å². The maximum atomic E-state index is 11.7. The van der Waals surface area contributed by atoms with E-state index in [0.717, 1.165) is 22.1 Å². The molecule has 0 bridgehead atoms. The smallest absolute Gasteiger partial charge is 0.220 e. The van der Waals surface area contributed by atoms with Gasteiger partial charge in [-0.2, -0.15) is 0 Å². The van der Waals surface area contributed by atoms with E-state index < -0.39 is 6.10 Å². The SMILES string of the molecule is CC(C)(C)C(O)CNC(=O)CCCSc1ccc(Cl)cc1. The summed E-state index contributed by atoms with van der Waals surface area (Å²) in [6.07, 6.45) is 0.771. The molecule has 0 saturated heterocycles. The summed E-state index contributed by atoms with van der Waals surface area (Å²) in [4.78, 5) is 12.8. The maximum Gasteiger partial charge on any atom is 0.220 e. The number of halogens is 1. The van der Waals surface area contributed by atoms with E-state index in [1.165, 1.54) is 0 Å². The fourth-order valence-corrected chi connectivity index (χ4v) is 2.54. The lowest BCUT2D eigenvalue weighted by molar-refractivity contribution is -0.121. The predicted molar refractivity (Wildman–Crippen MR) is 89.9 cm³/mol. The van der Waals surface area contributed by atoms with Crippen LogP contribution in [0.25, 0.3) is 0 Å². The average molecular weight is 330 g/mol. The lowest BCUT2D eigenvalue weighted by atomic mass is 9.89. The Morgan fingerprint density at radius 1 is 1.33 bits per heavy atom. The summed E-state index contributed by atoms with van der Waals surface area (Å²) in [7, 11) is 0. The van der Waals surface area contributed by atoms with E-state index in [1.54, 1.807) is 11.8 Å². The Kier molecular flexibility index (Phi) is 7.57. The van der Waals surface area contributed by atoms with Crippen LogP contribution in [0.15, 0.2) is 29.2 Å². The number of nitrogens with one attached hydrogen (secondary N) is 1. The molecule has 3 nitrogen and oxygen atoms in total. The monoisotopic (exact) mass is 329 g/mol. The molecule has 21 heavy (non-hydrogen) atoms. The van der Waals surface area contributed by atoms with Gasteiger partial charge < -0.3 is 10.4 Å². The molecule has 0 aliphatic rings. The first-order chi connectivity index (χ1) is 9.79. The fraction of sp³-hybridized carbons (Fsp3) is 0.562. The van der Waals surface area contributed by atoms with Gasteiger partial charge >= 0.3 is 0 Å². The second-order valence-corrected chi connectivity index (χ2v) is 7.70. The zero-order valence-corrected chi connectivity index (χ0v) is 14.4. The first-order valence-electron chi connectivity index (χ1n) is 7.12. The highest BCUT2D eigenvalue weighted by molar-refractivity contribution is 7.99. The first kappa shape index (κ1) is 18.3. The van der Waals surface area contributed by atoms with Crippen molar-refractivity contribution in [3.63, 3.8) is 0 Å². The molecule has 0 spiro atoms. The number of carbonyl (C=O) groups excluding carboxylic acids is 1. The van der Waals surface area contributed by atoms with E-state index >= 15 is 0 Å². The number of hydrogen-bond acceptors (Lipinski definition) is 3. The van der Waals surface area contributed by atoms with Crippen molar-refractivity contribution >= 4 is 29.3 Å². The number of thioether (sulfide) groups is 1. The third kappa shape index (κ3) is 7.74. The normalized spacial score (nSPS) is 13.0. The predicted octanol–water partition coefficient (Wildman–Crippen LogP) is 3.74. The minimum atomic E-state index is -0.523. The summed E-state index contributed by atoms with van der Waals surface area (Å²) in [6.45, 7) is 6.17. The van der Waals surface area contributed by atoms with Gasteiger partial charge in [-0.25, -0.2) is 0 Å². The Balaban J connectivity index is 2.15. The van der Waals surface area contributed by atoms with E-state index in [4.69, 9.17) is 11.6 Å². The molecule has 1 rings (SSSR count). The summed E-state index contributed by atoms with van der Waals surface area (Å²) in [5.74, 6) is 0.881. The van der Waals surface area contributed by atoms with Gasteiger partial charge in [0.2, 0.25) is 5.91 Å². The molecule has 0 aliphatic carbocycles. The minimum absolute atomic E-state index is 0.00462. The van der Waals surface area contributed by atoms with Crippen molar-refractivity contribution < 1.29 is 9.90 Å². The number of amides is 1. The van der Waals surface area contributed by atoms with Crippen LogP contribution in [0.2, 0.25) is 5.02 Å². The molecule has 1 atom stereocenters. The molecule has 0 aromatic heterocycles. The van der Waals surface area contributed by atoms with E-state index in [-0.39, 0.29) is 11.3 Å². The quantitative estimate of drug-likeness (QED) is 0.592. The summed E-state index contributed by atoms with van der Waals surface area (Å²) >= 11 is 7.54. The molecule has 118 valence electrons. The minimum Gasteiger partial charge on any atom is -0.391 e. The Bertz CT molecular complexity index is 443. The van der Waals surface area contributed by atoms with Crippen LogP contribution in [0.4, 0.5) is 0 Å². The van der Waals surface area contributed by atoms with Crippen molar-refractivity contribution in [3.05, 3.63) is 29.3 Å². The zero-order valence-electron chi connectivity index (χ0n) is 12.9. The van der Waals surface area contributed by atoms with Crippen molar-refractivity contribution in [3.8, 4) is 0 Å². The molecular formula is C16H24ClNO2S. The standard InChI is InChI=1S/C16H24ClNO2S/c1-16(2,3)14(19)11-18-15(20)5-4-10-21-13-8-6-12(17)7-9-13/h6-9,14,19H,4-5,10-11H2,1-3H3,(H,18,20). The highest BCUT2D eigenvalue weighted by Crippen LogP contribution is 2.21. The van der Waals surface area contributed by atoms with Gasteiger partial charge in [-0.3, -0.25) is 4.79 Å². The number of benzene rings is 1. The van der Waals surface area contributed by atoms with Crippen LogP contribution >= 0.6 is 23.4 Å². The largest absolute Gasteiger partial charge is 0.391 e. The zero-order chi connectivity index (χ0) is 15.9. The molecule has 0 heterocycles. The molecule has 1 aromatic carbocycles. The number of aliphatic hydroxyl groups is 1. The number of carbonyl (C=O) groups is 1. The Labute approximate surface area is 136 Å². The summed E-state index contributed by atoms with van der Waals surface area (Å²) < 4.78 is 0. The number of hydrogen-bond donors (Lipinski definition) is 2. The van der Waals surface area contributed by atoms with E-state index in [0.29, 0.717) is 13.0 Å². The highest BCUT2D eigenvalue weighted by atomic mass is 35.5. The van der Waals surface area contributed by atoms with Crippen LogP contribution in [-0.2, 0) is 4.79 Å². The highest BCUT2D eigenvalue weighted by Gasteiger charge is 2.22. The molecule has 2 N–H and O–H groups in total. The van der Waals surface area contributed by atoms with Crippen molar-refractivity contribution in [1.82, 2.24) is 5.32 Å². The second-order valence-electron chi connectivity index (χ2n) is 6.09. The van der Waals surface area contributed by atoms with Gasteiger partial charge in [0.1, 0.15) is 0 Å². The summed E-state index contributed by atoms with van der Waals surface area (Å²) in [6, 6.07) is 7.69. The van der Waals surface area contributed by atoms with Crippen LogP contribution in [0, 0.1) is 5.41 Å². The Morgan fingerprint density at radius 3 is 2.52 bits per heavy atom. The average Bonchev–Trinajstić information content (AvgIpc) is 2.41. The third-order valence-corrected chi connectivity index (χ3v) is 4.47. The maximum absolute atomic E-state index is 11.7. The van der Waals surface area contributed by atoms with Crippen molar-refractivity contribution in [1.29, 1.82) is 0 Å². The van der Waals surface area contributed by atoms with Crippen molar-refractivity contribution in [2.75, 3.05) is 12.3 Å². The molecule has 0 fully saturated rings. The molecular weight excluding hydrogens is 306 g/mol. The van der Waals surface area contributed by atoms with Crippen LogP contribution < -0.4 is 5.32 Å². The van der Waals surface area contributed by atoms with Gasteiger partial charge in [0.25, 0.3) is 0 Å². The van der Waals surface area contributed by atoms with Gasteiger partial charge in [0.05, 0.1) is 6.10 Å². The van der Waals surface area contributed by atoms with Gasteiger partial charge in [-0.15, -0.1) is 11.8 Å². The lowest BCUT2D eigenvalue weighted by Crippen LogP contribution is -2.39. The van der Waals surface area contributed by atoms with Gasteiger partial charge in [0.15, 0.2) is 0 Å². The van der Waals surface area contributed by atoms with Gasteiger partial charge in [0, 0.05) is 22.9 Å². The second kappa shape index (κ2) is 8.66. The van der Waals surface area contributed by atoms with E-state index in [2.05, 4.69) is 5.32 Å². The molecule has 0 saturated carbocycles. The molecule has 1 amide bonds.